The number of carbonyl (C=O) groups is 2. The Morgan fingerprint density at radius 2 is 1.90 bits per heavy atom. The molecule has 0 spiro atoms. The van der Waals surface area contributed by atoms with E-state index in [0.717, 1.165) is 19.3 Å². The molecule has 0 aromatic rings. The third-order valence-corrected chi connectivity index (χ3v) is 4.85. The van der Waals surface area contributed by atoms with Crippen LogP contribution in [0.15, 0.2) is 12.2 Å². The van der Waals surface area contributed by atoms with Crippen molar-refractivity contribution in [2.24, 2.45) is 29.6 Å². The molecule has 5 nitrogen and oxygen atoms in total. The quantitative estimate of drug-likeness (QED) is 0.591. The van der Waals surface area contributed by atoms with E-state index >= 15 is 0 Å². The third kappa shape index (κ3) is 3.46. The maximum Gasteiger partial charge on any atom is 0.307 e. The molecule has 3 unspecified atom stereocenters. The highest BCUT2D eigenvalue weighted by Crippen LogP contribution is 2.48. The van der Waals surface area contributed by atoms with Crippen LogP contribution in [0.4, 0.5) is 0 Å². The fourth-order valence-electron chi connectivity index (χ4n) is 3.82. The number of carbonyl (C=O) groups excluding carboxylic acids is 1. The van der Waals surface area contributed by atoms with E-state index in [9.17, 15) is 14.7 Å². The molecule has 0 aliphatic heterocycles. The first-order valence-electron chi connectivity index (χ1n) is 7.88. The molecule has 2 rings (SSSR count). The van der Waals surface area contributed by atoms with Crippen LogP contribution in [0.1, 0.15) is 32.6 Å². The number of amides is 1. The second kappa shape index (κ2) is 7.07. The molecule has 1 fully saturated rings. The fourth-order valence-corrected chi connectivity index (χ4v) is 3.82. The molecule has 0 aromatic carbocycles. The van der Waals surface area contributed by atoms with Gasteiger partial charge in [-0.25, -0.2) is 0 Å². The summed E-state index contributed by atoms with van der Waals surface area (Å²) >= 11 is 0. The predicted octanol–water partition coefficient (Wildman–Crippen LogP) is 1.42. The van der Waals surface area contributed by atoms with Crippen molar-refractivity contribution >= 4 is 11.9 Å². The summed E-state index contributed by atoms with van der Waals surface area (Å²) in [5, 5.41) is 21.3. The lowest BCUT2D eigenvalue weighted by Crippen LogP contribution is -2.41. The summed E-state index contributed by atoms with van der Waals surface area (Å²) in [5.41, 5.74) is 0. The predicted molar refractivity (Wildman–Crippen MR) is 78.5 cm³/mol. The van der Waals surface area contributed by atoms with Gasteiger partial charge in [-0.15, -0.1) is 0 Å². The number of rotatable bonds is 8. The molecule has 1 amide bonds. The van der Waals surface area contributed by atoms with E-state index in [0.29, 0.717) is 13.0 Å². The van der Waals surface area contributed by atoms with Crippen LogP contribution in [-0.2, 0) is 9.59 Å². The van der Waals surface area contributed by atoms with Gasteiger partial charge in [0.25, 0.3) is 0 Å². The molecular formula is C16H25NO4. The van der Waals surface area contributed by atoms with Crippen LogP contribution in [0.25, 0.3) is 0 Å². The van der Waals surface area contributed by atoms with Gasteiger partial charge < -0.3 is 15.5 Å². The van der Waals surface area contributed by atoms with Crippen molar-refractivity contribution in [3.63, 3.8) is 0 Å². The van der Waals surface area contributed by atoms with Crippen LogP contribution in [0.3, 0.4) is 0 Å². The first-order valence-corrected chi connectivity index (χ1v) is 7.88. The number of fused-ring (bicyclic) bond motifs is 2. The molecule has 0 radical (unpaired) electrons. The Bertz CT molecular complexity index is 415. The summed E-state index contributed by atoms with van der Waals surface area (Å²) in [6.07, 6.45) is 7.36. The molecular weight excluding hydrogens is 270 g/mol. The van der Waals surface area contributed by atoms with Crippen LogP contribution in [-0.4, -0.2) is 35.2 Å². The number of nitrogens with one attached hydrogen (secondary N) is 1. The lowest BCUT2D eigenvalue weighted by Gasteiger charge is -2.25. The summed E-state index contributed by atoms with van der Waals surface area (Å²) < 4.78 is 0. The second-order valence-electron chi connectivity index (χ2n) is 6.25. The minimum atomic E-state index is -0.868. The van der Waals surface area contributed by atoms with Gasteiger partial charge in [0.05, 0.1) is 11.8 Å². The molecule has 5 atom stereocenters. The van der Waals surface area contributed by atoms with Crippen molar-refractivity contribution in [2.45, 2.75) is 32.6 Å². The van der Waals surface area contributed by atoms with E-state index in [1.54, 1.807) is 0 Å². The van der Waals surface area contributed by atoms with Crippen molar-refractivity contribution in [1.82, 2.24) is 5.32 Å². The minimum absolute atomic E-state index is 0.00660. The van der Waals surface area contributed by atoms with Gasteiger partial charge >= 0.3 is 5.97 Å². The number of aliphatic hydroxyl groups is 1. The van der Waals surface area contributed by atoms with E-state index in [-0.39, 0.29) is 30.3 Å². The van der Waals surface area contributed by atoms with Gasteiger partial charge in [-0.2, -0.15) is 0 Å². The number of carboxylic acid groups (broad SMARTS) is 1. The van der Waals surface area contributed by atoms with E-state index in [1.165, 1.54) is 0 Å². The molecule has 2 aliphatic rings. The summed E-state index contributed by atoms with van der Waals surface area (Å²) in [7, 11) is 0. The summed E-state index contributed by atoms with van der Waals surface area (Å²) in [6, 6.07) is 0. The number of aliphatic carboxylic acids is 1. The molecule has 0 aromatic heterocycles. The van der Waals surface area contributed by atoms with Crippen molar-refractivity contribution in [1.29, 1.82) is 0 Å². The van der Waals surface area contributed by atoms with Gasteiger partial charge in [-0.3, -0.25) is 9.59 Å². The normalized spacial score (nSPS) is 31.3. The molecule has 3 N–H and O–H groups in total. The summed E-state index contributed by atoms with van der Waals surface area (Å²) in [5.74, 6) is -1.69. The van der Waals surface area contributed by atoms with Crippen LogP contribution in [0.2, 0.25) is 0 Å². The van der Waals surface area contributed by atoms with Crippen LogP contribution in [0.5, 0.6) is 0 Å². The Kier molecular flexibility index (Phi) is 5.39. The van der Waals surface area contributed by atoms with Crippen molar-refractivity contribution in [3.8, 4) is 0 Å². The largest absolute Gasteiger partial charge is 0.481 e. The van der Waals surface area contributed by atoms with Crippen molar-refractivity contribution < 1.29 is 19.8 Å². The number of allylic oxidation sites excluding steroid dienone is 2. The summed E-state index contributed by atoms with van der Waals surface area (Å²) in [6.45, 7) is 2.72. The average Bonchev–Trinajstić information content (AvgIpc) is 3.05. The Morgan fingerprint density at radius 3 is 2.48 bits per heavy atom. The molecule has 2 bridgehead atoms. The molecule has 21 heavy (non-hydrogen) atoms. The first kappa shape index (κ1) is 16.0. The maximum atomic E-state index is 12.4. The molecule has 0 heterocycles. The van der Waals surface area contributed by atoms with E-state index in [2.05, 4.69) is 12.2 Å². The molecule has 0 saturated heterocycles. The number of hydrogen-bond donors (Lipinski definition) is 3. The van der Waals surface area contributed by atoms with Gasteiger partial charge in [0.15, 0.2) is 0 Å². The lowest BCUT2D eigenvalue weighted by molar-refractivity contribution is -0.147. The number of aliphatic hydroxyl groups excluding tert-OH is 1. The van der Waals surface area contributed by atoms with Gasteiger partial charge in [0, 0.05) is 13.2 Å². The Hall–Kier alpha value is -1.36. The Morgan fingerprint density at radius 1 is 1.24 bits per heavy atom. The average molecular weight is 295 g/mol. The Labute approximate surface area is 125 Å². The molecule has 2 aliphatic carbocycles. The standard InChI is InChI=1S/C16H25NO4/c1-2-3-10(6-7-18)9-17-15(19)13-11-4-5-12(8-11)14(13)16(20)21/h4-5,10-14,18H,2-3,6-9H2,1H3,(H,17,19)(H,20,21)/t10?,11?,12?,13-,14+/m0/s1. The van der Waals surface area contributed by atoms with Crippen LogP contribution in [0, 0.1) is 29.6 Å². The highest BCUT2D eigenvalue weighted by Gasteiger charge is 2.51. The maximum absolute atomic E-state index is 12.4. The highest BCUT2D eigenvalue weighted by atomic mass is 16.4. The van der Waals surface area contributed by atoms with E-state index < -0.39 is 17.8 Å². The SMILES string of the molecule is CCCC(CCO)CNC(=O)[C@H]1C2C=CC(C2)[C@H]1C(=O)O. The zero-order chi connectivity index (χ0) is 15.4. The second-order valence-corrected chi connectivity index (χ2v) is 6.25. The molecule has 118 valence electrons. The lowest BCUT2D eigenvalue weighted by atomic mass is 9.82. The number of hydrogen-bond acceptors (Lipinski definition) is 3. The zero-order valence-corrected chi connectivity index (χ0v) is 12.5. The van der Waals surface area contributed by atoms with Crippen LogP contribution >= 0.6 is 0 Å². The molecule has 1 saturated carbocycles. The third-order valence-electron chi connectivity index (χ3n) is 4.85. The van der Waals surface area contributed by atoms with E-state index in [4.69, 9.17) is 5.11 Å². The van der Waals surface area contributed by atoms with Crippen molar-refractivity contribution in [2.75, 3.05) is 13.2 Å². The van der Waals surface area contributed by atoms with Crippen molar-refractivity contribution in [3.05, 3.63) is 12.2 Å². The van der Waals surface area contributed by atoms with Gasteiger partial charge in [-0.05, 0) is 37.0 Å². The van der Waals surface area contributed by atoms with Gasteiger partial charge in [-0.1, -0.05) is 25.5 Å². The zero-order valence-electron chi connectivity index (χ0n) is 12.5. The number of carboxylic acids is 1. The van der Waals surface area contributed by atoms with Gasteiger partial charge in [0.2, 0.25) is 5.91 Å². The smallest absolute Gasteiger partial charge is 0.307 e. The fraction of sp³-hybridized carbons (Fsp3) is 0.750. The Balaban J connectivity index is 1.93. The monoisotopic (exact) mass is 295 g/mol. The van der Waals surface area contributed by atoms with E-state index in [1.807, 2.05) is 12.2 Å². The first-order chi connectivity index (χ1) is 10.1. The highest BCUT2D eigenvalue weighted by molar-refractivity contribution is 5.86. The summed E-state index contributed by atoms with van der Waals surface area (Å²) in [4.78, 5) is 23.8. The van der Waals surface area contributed by atoms with Gasteiger partial charge in [0.1, 0.15) is 0 Å². The topological polar surface area (TPSA) is 86.6 Å². The minimum Gasteiger partial charge on any atom is -0.481 e. The molecule has 5 heteroatoms. The van der Waals surface area contributed by atoms with Crippen LogP contribution < -0.4 is 5.32 Å².